The predicted molar refractivity (Wildman–Crippen MR) is 44.5 cm³/mol. The summed E-state index contributed by atoms with van der Waals surface area (Å²) in [6.45, 7) is 5.22. The second-order valence-corrected chi connectivity index (χ2v) is 1.89. The number of hydrogen-bond donors (Lipinski definition) is 2. The van der Waals surface area contributed by atoms with Crippen molar-refractivity contribution in [1.82, 2.24) is 10.9 Å². The summed E-state index contributed by atoms with van der Waals surface area (Å²) in [4.78, 5) is 0. The third-order valence-electron chi connectivity index (χ3n) is 0.759. The maximum absolute atomic E-state index is 4.62. The van der Waals surface area contributed by atoms with Gasteiger partial charge in [0.15, 0.2) is 0 Å². The lowest BCUT2D eigenvalue weighted by Gasteiger charge is -1.99. The summed E-state index contributed by atoms with van der Waals surface area (Å²) in [5.41, 5.74) is 5.90. The van der Waals surface area contributed by atoms with Crippen LogP contribution in [-0.4, -0.2) is 18.5 Å². The van der Waals surface area contributed by atoms with Crippen molar-refractivity contribution < 1.29 is 0 Å². The predicted octanol–water partition coefficient (Wildman–Crippen LogP) is 0.656. The van der Waals surface area contributed by atoms with Crippen molar-refractivity contribution in [1.29, 1.82) is 0 Å². The normalized spacial score (nSPS) is 8.89. The summed E-state index contributed by atoms with van der Waals surface area (Å²) in [5.74, 6) is 0. The maximum atomic E-state index is 4.62. The Balaban J connectivity index is 2.74. The van der Waals surface area contributed by atoms with Gasteiger partial charge in [-0.05, 0) is 11.8 Å². The summed E-state index contributed by atoms with van der Waals surface area (Å²) < 4.78 is 0. The molecule has 0 atom stereocenters. The fourth-order valence-electron chi connectivity index (χ4n) is 0.364. The Hall–Kier alpha value is -0.250. The Kier molecular flexibility index (Phi) is 7.53. The third-order valence-corrected chi connectivity index (χ3v) is 0.994. The van der Waals surface area contributed by atoms with Crippen molar-refractivity contribution in [3.63, 3.8) is 0 Å². The molecule has 0 saturated carbocycles. The van der Waals surface area contributed by atoms with Crippen molar-refractivity contribution in [2.45, 2.75) is 6.42 Å². The van der Waals surface area contributed by atoms with Gasteiger partial charge < -0.3 is 0 Å². The summed E-state index contributed by atoms with van der Waals surface area (Å²) in [5, 5.41) is 1.71. The van der Waals surface area contributed by atoms with Gasteiger partial charge in [0, 0.05) is 13.1 Å². The van der Waals surface area contributed by atoms with Crippen molar-refractivity contribution in [3.8, 4) is 0 Å². The van der Waals surface area contributed by atoms with Crippen molar-refractivity contribution in [2.75, 3.05) is 13.1 Å². The summed E-state index contributed by atoms with van der Waals surface area (Å²) >= 11 is 4.62. The lowest BCUT2D eigenvalue weighted by Crippen LogP contribution is -2.32. The molecule has 0 aliphatic rings. The standard InChI is InChI=1S/C6H12N2S/c1-2-4-7-8-5-3-6-9/h2,6-8H,1,3-5H2. The van der Waals surface area contributed by atoms with E-state index in [1.807, 2.05) is 0 Å². The van der Waals surface area contributed by atoms with Crippen LogP contribution in [0.5, 0.6) is 0 Å². The van der Waals surface area contributed by atoms with Crippen LogP contribution in [0.15, 0.2) is 12.7 Å². The van der Waals surface area contributed by atoms with E-state index < -0.39 is 0 Å². The van der Waals surface area contributed by atoms with Gasteiger partial charge >= 0.3 is 0 Å². The zero-order chi connectivity index (χ0) is 6.95. The van der Waals surface area contributed by atoms with Crippen LogP contribution in [0.3, 0.4) is 0 Å². The molecule has 9 heavy (non-hydrogen) atoms. The van der Waals surface area contributed by atoms with Crippen LogP contribution in [0.25, 0.3) is 0 Å². The van der Waals surface area contributed by atoms with Gasteiger partial charge in [0.05, 0.1) is 0 Å². The fourth-order valence-corrected chi connectivity index (χ4v) is 0.482. The number of rotatable bonds is 6. The molecule has 52 valence electrons. The van der Waals surface area contributed by atoms with Crippen LogP contribution in [0.1, 0.15) is 6.42 Å². The van der Waals surface area contributed by atoms with Crippen LogP contribution in [0.4, 0.5) is 0 Å². The third kappa shape index (κ3) is 7.75. The highest BCUT2D eigenvalue weighted by Gasteiger charge is 1.78. The van der Waals surface area contributed by atoms with Crippen LogP contribution in [0.2, 0.25) is 0 Å². The highest BCUT2D eigenvalue weighted by atomic mass is 32.1. The van der Waals surface area contributed by atoms with Gasteiger partial charge in [-0.25, -0.2) is 0 Å². The second kappa shape index (κ2) is 7.75. The molecule has 0 amide bonds. The van der Waals surface area contributed by atoms with E-state index in [1.54, 1.807) is 11.4 Å². The molecule has 0 radical (unpaired) electrons. The molecular weight excluding hydrogens is 132 g/mol. The first kappa shape index (κ1) is 8.75. The topological polar surface area (TPSA) is 24.1 Å². The number of hydrogen-bond acceptors (Lipinski definition) is 3. The Morgan fingerprint density at radius 3 is 2.78 bits per heavy atom. The molecule has 3 heteroatoms. The molecule has 0 aromatic carbocycles. The average Bonchev–Trinajstić information content (AvgIpc) is 1.89. The minimum atomic E-state index is 0.789. The Labute approximate surface area is 61.3 Å². The molecule has 0 aromatic heterocycles. The molecule has 0 rings (SSSR count). The highest BCUT2D eigenvalue weighted by molar-refractivity contribution is 7.78. The fraction of sp³-hybridized carbons (Fsp3) is 0.500. The largest absolute Gasteiger partial charge is 0.257 e. The van der Waals surface area contributed by atoms with Crippen LogP contribution in [0, 0.1) is 0 Å². The van der Waals surface area contributed by atoms with Gasteiger partial charge in [0.2, 0.25) is 0 Å². The van der Waals surface area contributed by atoms with Gasteiger partial charge in [-0.3, -0.25) is 10.9 Å². The first-order valence-corrected chi connectivity index (χ1v) is 3.39. The van der Waals surface area contributed by atoms with Crippen molar-refractivity contribution in [3.05, 3.63) is 12.7 Å². The molecule has 0 aromatic rings. The number of hydrazine groups is 1. The molecule has 0 spiro atoms. The molecular formula is C6H12N2S. The highest BCUT2D eigenvalue weighted by Crippen LogP contribution is 1.66. The quantitative estimate of drug-likeness (QED) is 0.248. The maximum Gasteiger partial charge on any atom is 0.0278 e. The van der Waals surface area contributed by atoms with Crippen molar-refractivity contribution >= 4 is 17.6 Å². The molecule has 0 bridgehead atoms. The Morgan fingerprint density at radius 2 is 2.22 bits per heavy atom. The smallest absolute Gasteiger partial charge is 0.0278 e. The Morgan fingerprint density at radius 1 is 1.44 bits per heavy atom. The summed E-state index contributed by atoms with van der Waals surface area (Å²) in [6, 6.07) is 0. The SMILES string of the molecule is C=CCNNCCC=S. The van der Waals surface area contributed by atoms with Crippen LogP contribution in [-0.2, 0) is 0 Å². The van der Waals surface area contributed by atoms with E-state index in [-0.39, 0.29) is 0 Å². The lowest BCUT2D eigenvalue weighted by molar-refractivity contribution is 0.581. The minimum Gasteiger partial charge on any atom is -0.257 e. The molecule has 0 saturated heterocycles. The first-order valence-electron chi connectivity index (χ1n) is 2.92. The molecule has 0 unspecified atom stereocenters. The van der Waals surface area contributed by atoms with Gasteiger partial charge in [0.1, 0.15) is 0 Å². The molecule has 2 N–H and O–H groups in total. The van der Waals surface area contributed by atoms with Crippen LogP contribution < -0.4 is 10.9 Å². The number of thiocarbonyl (C=S) groups is 1. The first-order chi connectivity index (χ1) is 4.41. The van der Waals surface area contributed by atoms with E-state index in [4.69, 9.17) is 0 Å². The molecule has 0 aliphatic carbocycles. The van der Waals surface area contributed by atoms with Gasteiger partial charge in [-0.15, -0.1) is 6.58 Å². The van der Waals surface area contributed by atoms with E-state index in [2.05, 4.69) is 29.6 Å². The van der Waals surface area contributed by atoms with E-state index in [0.717, 1.165) is 19.5 Å². The van der Waals surface area contributed by atoms with Gasteiger partial charge in [-0.2, -0.15) is 0 Å². The average molecular weight is 144 g/mol. The molecule has 0 heterocycles. The monoisotopic (exact) mass is 144 g/mol. The Bertz CT molecular complexity index is 73.1. The second-order valence-electron chi connectivity index (χ2n) is 1.55. The van der Waals surface area contributed by atoms with Gasteiger partial charge in [0.25, 0.3) is 0 Å². The molecule has 0 aliphatic heterocycles. The van der Waals surface area contributed by atoms with Crippen molar-refractivity contribution in [2.24, 2.45) is 0 Å². The van der Waals surface area contributed by atoms with Crippen LogP contribution >= 0.6 is 12.2 Å². The molecule has 0 fully saturated rings. The zero-order valence-corrected chi connectivity index (χ0v) is 6.21. The molecule has 2 nitrogen and oxygen atoms in total. The minimum absolute atomic E-state index is 0.789. The van der Waals surface area contributed by atoms with E-state index >= 15 is 0 Å². The summed E-state index contributed by atoms with van der Waals surface area (Å²) in [6.07, 6.45) is 2.71. The van der Waals surface area contributed by atoms with E-state index in [9.17, 15) is 0 Å². The van der Waals surface area contributed by atoms with E-state index in [1.165, 1.54) is 0 Å². The lowest BCUT2D eigenvalue weighted by atomic mass is 10.5. The zero-order valence-electron chi connectivity index (χ0n) is 5.39. The van der Waals surface area contributed by atoms with Gasteiger partial charge in [-0.1, -0.05) is 18.3 Å². The number of nitrogens with one attached hydrogen (secondary N) is 2. The summed E-state index contributed by atoms with van der Waals surface area (Å²) in [7, 11) is 0. The van der Waals surface area contributed by atoms with E-state index in [0.29, 0.717) is 0 Å².